The Morgan fingerprint density at radius 3 is 2.70 bits per heavy atom. The molecule has 0 spiro atoms. The lowest BCUT2D eigenvalue weighted by Gasteiger charge is -2.34. The molecule has 2 aliphatic rings. The summed E-state index contributed by atoms with van der Waals surface area (Å²) in [6.07, 6.45) is 8.15. The minimum atomic E-state index is 0.773. The van der Waals surface area contributed by atoms with Crippen LogP contribution in [0.25, 0.3) is 0 Å². The average molecular weight is 281 g/mol. The van der Waals surface area contributed by atoms with Crippen molar-refractivity contribution >= 4 is 0 Å². The molecule has 3 unspecified atom stereocenters. The highest BCUT2D eigenvalue weighted by Crippen LogP contribution is 2.28. The van der Waals surface area contributed by atoms with Gasteiger partial charge in [0.1, 0.15) is 0 Å². The molecule has 0 aromatic rings. The smallest absolute Gasteiger partial charge is 0.0220 e. The van der Waals surface area contributed by atoms with E-state index in [-0.39, 0.29) is 0 Å². The standard InChI is InChI=1S/C17H35N3/c1-4-10-18-17-9-6-8-15(17)13-20-12-7-11-19(3)14-16(20)5-2/h15-18H,4-14H2,1-3H3. The lowest BCUT2D eigenvalue weighted by atomic mass is 10.0. The van der Waals surface area contributed by atoms with E-state index in [2.05, 4.69) is 36.0 Å². The zero-order valence-electron chi connectivity index (χ0n) is 13.9. The van der Waals surface area contributed by atoms with E-state index in [1.165, 1.54) is 71.2 Å². The van der Waals surface area contributed by atoms with Gasteiger partial charge in [-0.25, -0.2) is 0 Å². The fraction of sp³-hybridized carbons (Fsp3) is 1.00. The van der Waals surface area contributed by atoms with Crippen LogP contribution in [-0.4, -0.2) is 61.7 Å². The van der Waals surface area contributed by atoms with Crippen LogP contribution in [0.1, 0.15) is 52.4 Å². The summed E-state index contributed by atoms with van der Waals surface area (Å²) in [6, 6.07) is 1.56. The lowest BCUT2D eigenvalue weighted by molar-refractivity contribution is 0.149. The Morgan fingerprint density at radius 2 is 1.95 bits per heavy atom. The van der Waals surface area contributed by atoms with E-state index in [4.69, 9.17) is 0 Å². The van der Waals surface area contributed by atoms with Gasteiger partial charge in [0.15, 0.2) is 0 Å². The summed E-state index contributed by atoms with van der Waals surface area (Å²) in [4.78, 5) is 5.33. The molecule has 20 heavy (non-hydrogen) atoms. The molecule has 1 saturated carbocycles. The van der Waals surface area contributed by atoms with E-state index in [0.717, 1.165) is 18.0 Å². The maximum Gasteiger partial charge on any atom is 0.0220 e. The molecule has 3 nitrogen and oxygen atoms in total. The molecule has 1 heterocycles. The molecular formula is C17H35N3. The first-order valence-electron chi connectivity index (χ1n) is 8.90. The van der Waals surface area contributed by atoms with E-state index >= 15 is 0 Å². The maximum atomic E-state index is 3.79. The third kappa shape index (κ3) is 4.44. The predicted octanol–water partition coefficient (Wildman–Crippen LogP) is 2.57. The van der Waals surface area contributed by atoms with Crippen LogP contribution in [0.3, 0.4) is 0 Å². The van der Waals surface area contributed by atoms with Gasteiger partial charge in [-0.2, -0.15) is 0 Å². The lowest BCUT2D eigenvalue weighted by Crippen LogP contribution is -2.45. The van der Waals surface area contributed by atoms with Gasteiger partial charge in [-0.1, -0.05) is 20.3 Å². The maximum absolute atomic E-state index is 3.79. The van der Waals surface area contributed by atoms with Crippen molar-refractivity contribution < 1.29 is 0 Å². The van der Waals surface area contributed by atoms with Crippen LogP contribution in [0.2, 0.25) is 0 Å². The quantitative estimate of drug-likeness (QED) is 0.807. The topological polar surface area (TPSA) is 18.5 Å². The molecule has 2 rings (SSSR count). The van der Waals surface area contributed by atoms with Gasteiger partial charge in [0.25, 0.3) is 0 Å². The van der Waals surface area contributed by atoms with Crippen LogP contribution in [0.15, 0.2) is 0 Å². The van der Waals surface area contributed by atoms with Crippen molar-refractivity contribution in [1.82, 2.24) is 15.1 Å². The normalized spacial score (nSPS) is 33.5. The number of hydrogen-bond acceptors (Lipinski definition) is 3. The van der Waals surface area contributed by atoms with Gasteiger partial charge in [0, 0.05) is 25.2 Å². The van der Waals surface area contributed by atoms with Crippen LogP contribution < -0.4 is 5.32 Å². The molecule has 1 aliphatic heterocycles. The molecule has 0 aromatic heterocycles. The number of rotatable bonds is 6. The van der Waals surface area contributed by atoms with E-state index in [9.17, 15) is 0 Å². The van der Waals surface area contributed by atoms with Gasteiger partial charge in [-0.15, -0.1) is 0 Å². The second-order valence-corrected chi connectivity index (χ2v) is 6.92. The van der Waals surface area contributed by atoms with Crippen LogP contribution in [0, 0.1) is 5.92 Å². The highest BCUT2D eigenvalue weighted by molar-refractivity contribution is 4.88. The molecular weight excluding hydrogens is 246 g/mol. The first kappa shape index (κ1) is 16.3. The summed E-state index contributed by atoms with van der Waals surface area (Å²) >= 11 is 0. The Bertz CT molecular complexity index is 269. The van der Waals surface area contributed by atoms with Crippen molar-refractivity contribution in [1.29, 1.82) is 0 Å². The number of nitrogens with one attached hydrogen (secondary N) is 1. The van der Waals surface area contributed by atoms with Crippen LogP contribution >= 0.6 is 0 Å². The van der Waals surface area contributed by atoms with Crippen molar-refractivity contribution in [2.45, 2.75) is 64.5 Å². The van der Waals surface area contributed by atoms with Gasteiger partial charge < -0.3 is 10.2 Å². The van der Waals surface area contributed by atoms with Gasteiger partial charge in [0.2, 0.25) is 0 Å². The van der Waals surface area contributed by atoms with Gasteiger partial charge >= 0.3 is 0 Å². The van der Waals surface area contributed by atoms with Gasteiger partial charge in [-0.05, 0) is 64.7 Å². The number of likely N-dealkylation sites (N-methyl/N-ethyl adjacent to an activating group) is 1. The molecule has 3 atom stereocenters. The van der Waals surface area contributed by atoms with Crippen LogP contribution in [0.5, 0.6) is 0 Å². The second kappa shape index (κ2) is 8.35. The van der Waals surface area contributed by atoms with Crippen molar-refractivity contribution in [3.8, 4) is 0 Å². The Kier molecular flexibility index (Phi) is 6.79. The van der Waals surface area contributed by atoms with Gasteiger partial charge in [-0.3, -0.25) is 4.90 Å². The van der Waals surface area contributed by atoms with Crippen LogP contribution in [0.4, 0.5) is 0 Å². The average Bonchev–Trinajstić information content (AvgIpc) is 2.80. The highest BCUT2D eigenvalue weighted by atomic mass is 15.2. The highest BCUT2D eigenvalue weighted by Gasteiger charge is 2.31. The Balaban J connectivity index is 1.89. The first-order chi connectivity index (χ1) is 9.74. The largest absolute Gasteiger partial charge is 0.314 e. The summed E-state index contributed by atoms with van der Waals surface area (Å²) in [5.74, 6) is 0.888. The summed E-state index contributed by atoms with van der Waals surface area (Å²) in [5.41, 5.74) is 0. The van der Waals surface area contributed by atoms with Gasteiger partial charge in [0.05, 0.1) is 0 Å². The Morgan fingerprint density at radius 1 is 1.10 bits per heavy atom. The molecule has 3 heteroatoms. The molecule has 2 fully saturated rings. The third-order valence-electron chi connectivity index (χ3n) is 5.28. The summed E-state index contributed by atoms with van der Waals surface area (Å²) in [7, 11) is 2.29. The molecule has 1 aliphatic carbocycles. The predicted molar refractivity (Wildman–Crippen MR) is 87.2 cm³/mol. The van der Waals surface area contributed by atoms with E-state index < -0.39 is 0 Å². The molecule has 1 N–H and O–H groups in total. The van der Waals surface area contributed by atoms with Crippen molar-refractivity contribution in [3.63, 3.8) is 0 Å². The summed E-state index contributed by atoms with van der Waals surface area (Å²) in [5, 5.41) is 3.79. The molecule has 0 amide bonds. The number of hydrogen-bond donors (Lipinski definition) is 1. The van der Waals surface area contributed by atoms with Crippen molar-refractivity contribution in [2.24, 2.45) is 5.92 Å². The minimum Gasteiger partial charge on any atom is -0.314 e. The fourth-order valence-corrected chi connectivity index (χ4v) is 4.08. The minimum absolute atomic E-state index is 0.773. The monoisotopic (exact) mass is 281 g/mol. The summed E-state index contributed by atoms with van der Waals surface area (Å²) in [6.45, 7) is 11.0. The second-order valence-electron chi connectivity index (χ2n) is 6.92. The molecule has 0 bridgehead atoms. The third-order valence-corrected chi connectivity index (χ3v) is 5.28. The van der Waals surface area contributed by atoms with E-state index in [1.807, 2.05) is 0 Å². The first-order valence-corrected chi connectivity index (χ1v) is 8.90. The SMILES string of the molecule is CCCNC1CCCC1CN1CCCN(C)CC1CC. The Labute approximate surface area is 126 Å². The molecule has 0 radical (unpaired) electrons. The number of nitrogens with zero attached hydrogens (tertiary/aromatic N) is 2. The van der Waals surface area contributed by atoms with Crippen molar-refractivity contribution in [2.75, 3.05) is 39.8 Å². The van der Waals surface area contributed by atoms with Crippen LogP contribution in [-0.2, 0) is 0 Å². The zero-order valence-corrected chi connectivity index (χ0v) is 13.9. The molecule has 0 aromatic carbocycles. The van der Waals surface area contributed by atoms with Crippen molar-refractivity contribution in [3.05, 3.63) is 0 Å². The summed E-state index contributed by atoms with van der Waals surface area (Å²) < 4.78 is 0. The molecule has 1 saturated heterocycles. The zero-order chi connectivity index (χ0) is 14.4. The fourth-order valence-electron chi connectivity index (χ4n) is 4.08. The van der Waals surface area contributed by atoms with E-state index in [0.29, 0.717) is 0 Å². The molecule has 118 valence electrons. The van der Waals surface area contributed by atoms with E-state index in [1.54, 1.807) is 0 Å². The Hall–Kier alpha value is -0.120.